The second kappa shape index (κ2) is 4.82. The lowest BCUT2D eigenvalue weighted by Gasteiger charge is -2.37. The quantitative estimate of drug-likeness (QED) is 0.837. The van der Waals surface area contributed by atoms with Crippen molar-refractivity contribution in [2.75, 3.05) is 13.1 Å². The molecule has 4 rings (SSSR count). The Hall–Kier alpha value is -1.39. The first kappa shape index (κ1) is 13.3. The molecule has 2 aliphatic carbocycles. The number of carbonyl (C=O) groups is 1. The highest BCUT2D eigenvalue weighted by Crippen LogP contribution is 2.52. The van der Waals surface area contributed by atoms with Crippen LogP contribution in [0, 0.1) is 11.3 Å². The normalized spacial score (nSPS) is 28.2. The number of carbonyl (C=O) groups excluding carboxylic acids is 1. The van der Waals surface area contributed by atoms with E-state index in [0.717, 1.165) is 31.8 Å². The molecule has 2 saturated carbocycles. The number of amides is 1. The Balaban J connectivity index is 1.65. The maximum absolute atomic E-state index is 12.5. The lowest BCUT2D eigenvalue weighted by molar-refractivity contribution is -0.132. The van der Waals surface area contributed by atoms with E-state index in [1.165, 1.54) is 32.1 Å². The smallest absolute Gasteiger partial charge is 0.225 e. The van der Waals surface area contributed by atoms with Crippen LogP contribution in [-0.4, -0.2) is 38.7 Å². The molecule has 5 nitrogen and oxygen atoms in total. The second-order valence-electron chi connectivity index (χ2n) is 7.27. The average molecular weight is 288 g/mol. The Morgan fingerprint density at radius 3 is 2.67 bits per heavy atom. The molecule has 0 bridgehead atoms. The fourth-order valence-corrected chi connectivity index (χ4v) is 4.45. The molecule has 1 spiro atoms. The van der Waals surface area contributed by atoms with Gasteiger partial charge in [0.2, 0.25) is 5.91 Å². The second-order valence-corrected chi connectivity index (χ2v) is 7.27. The van der Waals surface area contributed by atoms with Crippen molar-refractivity contribution >= 4 is 5.91 Å². The lowest BCUT2D eigenvalue weighted by Crippen LogP contribution is -2.35. The van der Waals surface area contributed by atoms with E-state index in [2.05, 4.69) is 15.1 Å². The first-order chi connectivity index (χ1) is 10.2. The van der Waals surface area contributed by atoms with Gasteiger partial charge in [-0.05, 0) is 31.1 Å². The molecule has 1 atom stereocenters. The topological polar surface area (TPSA) is 51.0 Å². The maximum atomic E-state index is 12.5. The zero-order valence-corrected chi connectivity index (χ0v) is 12.8. The first-order valence-electron chi connectivity index (χ1n) is 8.32. The van der Waals surface area contributed by atoms with Crippen LogP contribution in [0.2, 0.25) is 0 Å². The van der Waals surface area contributed by atoms with E-state index < -0.39 is 0 Å². The SMILES string of the molecule is Cn1cnnc1C1CN(C(=O)C2CC2)CC12CCCCC2. The Bertz CT molecular complexity index is 542. The van der Waals surface area contributed by atoms with Crippen LogP contribution in [0.4, 0.5) is 0 Å². The summed E-state index contributed by atoms with van der Waals surface area (Å²) in [5.74, 6) is 2.16. The highest BCUT2D eigenvalue weighted by atomic mass is 16.2. The van der Waals surface area contributed by atoms with E-state index in [4.69, 9.17) is 0 Å². The third-order valence-electron chi connectivity index (χ3n) is 5.79. The molecule has 0 radical (unpaired) electrons. The van der Waals surface area contributed by atoms with Crippen LogP contribution in [-0.2, 0) is 11.8 Å². The molecule has 3 aliphatic rings. The van der Waals surface area contributed by atoms with Crippen molar-refractivity contribution in [1.82, 2.24) is 19.7 Å². The number of rotatable bonds is 2. The van der Waals surface area contributed by atoms with Gasteiger partial charge >= 0.3 is 0 Å². The Morgan fingerprint density at radius 2 is 2.05 bits per heavy atom. The third kappa shape index (κ3) is 2.17. The molecule has 2 heterocycles. The number of aryl methyl sites for hydroxylation is 1. The van der Waals surface area contributed by atoms with Crippen LogP contribution >= 0.6 is 0 Å². The van der Waals surface area contributed by atoms with E-state index >= 15 is 0 Å². The Labute approximate surface area is 125 Å². The summed E-state index contributed by atoms with van der Waals surface area (Å²) < 4.78 is 2.05. The lowest BCUT2D eigenvalue weighted by atomic mass is 9.67. The van der Waals surface area contributed by atoms with Crippen molar-refractivity contribution in [3.8, 4) is 0 Å². The van der Waals surface area contributed by atoms with Gasteiger partial charge in [-0.25, -0.2) is 0 Å². The van der Waals surface area contributed by atoms with Gasteiger partial charge in [0.05, 0.1) is 0 Å². The number of aromatic nitrogens is 3. The number of hydrogen-bond donors (Lipinski definition) is 0. The summed E-state index contributed by atoms with van der Waals surface area (Å²) in [4.78, 5) is 14.7. The van der Waals surface area contributed by atoms with Gasteiger partial charge in [0.25, 0.3) is 0 Å². The summed E-state index contributed by atoms with van der Waals surface area (Å²) in [6.45, 7) is 1.79. The molecule has 0 aromatic carbocycles. The summed E-state index contributed by atoms with van der Waals surface area (Å²) in [5.41, 5.74) is 0.254. The predicted molar refractivity (Wildman–Crippen MR) is 78.6 cm³/mol. The molecule has 1 amide bonds. The molecule has 114 valence electrons. The van der Waals surface area contributed by atoms with Crippen LogP contribution in [0.5, 0.6) is 0 Å². The molecule has 21 heavy (non-hydrogen) atoms. The van der Waals surface area contributed by atoms with Crippen LogP contribution < -0.4 is 0 Å². The van der Waals surface area contributed by atoms with Gasteiger partial charge < -0.3 is 9.47 Å². The fourth-order valence-electron chi connectivity index (χ4n) is 4.45. The molecule has 1 aliphatic heterocycles. The standard InChI is InChI=1S/C16H24N4O/c1-19-11-17-18-14(19)13-9-20(15(21)12-5-6-12)10-16(13)7-3-2-4-8-16/h11-13H,2-10H2,1H3. The maximum Gasteiger partial charge on any atom is 0.225 e. The number of hydrogen-bond acceptors (Lipinski definition) is 3. The molecule has 5 heteroatoms. The molecule has 1 unspecified atom stereocenters. The molecule has 1 aromatic heterocycles. The molecular formula is C16H24N4O. The summed E-state index contributed by atoms with van der Waals surface area (Å²) in [6, 6.07) is 0. The van der Waals surface area contributed by atoms with Crippen molar-refractivity contribution in [3.05, 3.63) is 12.2 Å². The van der Waals surface area contributed by atoms with Crippen molar-refractivity contribution in [2.24, 2.45) is 18.4 Å². The van der Waals surface area contributed by atoms with Crippen LogP contribution in [0.15, 0.2) is 6.33 Å². The van der Waals surface area contributed by atoms with Crippen molar-refractivity contribution in [2.45, 2.75) is 50.9 Å². The van der Waals surface area contributed by atoms with Crippen molar-refractivity contribution < 1.29 is 4.79 Å². The van der Waals surface area contributed by atoms with Crippen molar-refractivity contribution in [3.63, 3.8) is 0 Å². The zero-order chi connectivity index (χ0) is 14.4. The monoisotopic (exact) mass is 288 g/mol. The first-order valence-corrected chi connectivity index (χ1v) is 8.32. The van der Waals surface area contributed by atoms with Crippen LogP contribution in [0.25, 0.3) is 0 Å². The number of nitrogens with zero attached hydrogens (tertiary/aromatic N) is 4. The van der Waals surface area contributed by atoms with Gasteiger partial charge in [-0.2, -0.15) is 0 Å². The number of likely N-dealkylation sites (tertiary alicyclic amines) is 1. The van der Waals surface area contributed by atoms with Crippen molar-refractivity contribution in [1.29, 1.82) is 0 Å². The van der Waals surface area contributed by atoms with Gasteiger partial charge in [-0.1, -0.05) is 19.3 Å². The van der Waals surface area contributed by atoms with Gasteiger partial charge in [0, 0.05) is 32.0 Å². The Morgan fingerprint density at radius 1 is 1.29 bits per heavy atom. The van der Waals surface area contributed by atoms with Gasteiger partial charge in [0.15, 0.2) is 0 Å². The largest absolute Gasteiger partial charge is 0.341 e. The summed E-state index contributed by atoms with van der Waals surface area (Å²) >= 11 is 0. The minimum absolute atomic E-state index is 0.254. The van der Waals surface area contributed by atoms with Crippen LogP contribution in [0.1, 0.15) is 56.7 Å². The van der Waals surface area contributed by atoms with Gasteiger partial charge in [-0.15, -0.1) is 10.2 Å². The summed E-state index contributed by atoms with van der Waals surface area (Å²) in [6.07, 6.45) is 10.4. The summed E-state index contributed by atoms with van der Waals surface area (Å²) in [5, 5.41) is 8.45. The molecule has 3 fully saturated rings. The fraction of sp³-hybridized carbons (Fsp3) is 0.812. The minimum atomic E-state index is 0.254. The van der Waals surface area contributed by atoms with E-state index in [-0.39, 0.29) is 5.41 Å². The van der Waals surface area contributed by atoms with E-state index in [0.29, 0.717) is 17.7 Å². The van der Waals surface area contributed by atoms with E-state index in [1.54, 1.807) is 6.33 Å². The third-order valence-corrected chi connectivity index (χ3v) is 5.79. The zero-order valence-electron chi connectivity index (χ0n) is 12.8. The summed E-state index contributed by atoms with van der Waals surface area (Å²) in [7, 11) is 2.03. The molecule has 0 N–H and O–H groups in total. The van der Waals surface area contributed by atoms with E-state index in [1.807, 2.05) is 11.6 Å². The van der Waals surface area contributed by atoms with Gasteiger partial charge in [0.1, 0.15) is 12.2 Å². The average Bonchev–Trinajstić information content (AvgIpc) is 3.18. The van der Waals surface area contributed by atoms with Gasteiger partial charge in [-0.3, -0.25) is 4.79 Å². The highest BCUT2D eigenvalue weighted by Gasteiger charge is 2.51. The molecule has 1 saturated heterocycles. The predicted octanol–water partition coefficient (Wildman–Crippen LogP) is 2.10. The highest BCUT2D eigenvalue weighted by molar-refractivity contribution is 5.81. The van der Waals surface area contributed by atoms with Crippen LogP contribution in [0.3, 0.4) is 0 Å². The molecular weight excluding hydrogens is 264 g/mol. The minimum Gasteiger partial charge on any atom is -0.341 e. The van der Waals surface area contributed by atoms with E-state index in [9.17, 15) is 4.79 Å². The molecule has 1 aromatic rings. The Kier molecular flexibility index (Phi) is 3.05.